The summed E-state index contributed by atoms with van der Waals surface area (Å²) in [7, 11) is 0. The van der Waals surface area contributed by atoms with Gasteiger partial charge in [-0.15, -0.1) is 0 Å². The number of hydrogen-bond acceptors (Lipinski definition) is 3. The van der Waals surface area contributed by atoms with E-state index in [-0.39, 0.29) is 0 Å². The van der Waals surface area contributed by atoms with Crippen molar-refractivity contribution in [2.24, 2.45) is 0 Å². The Kier molecular flexibility index (Phi) is 9.80. The fourth-order valence-corrected chi connectivity index (χ4v) is 13.7. The monoisotopic (exact) mass is 1040 g/mol. The van der Waals surface area contributed by atoms with Crippen LogP contribution >= 0.6 is 0 Å². The Bertz CT molecular complexity index is 5010. The molecule has 0 fully saturated rings. The molecule has 0 radical (unpaired) electrons. The standard InChI is InChI=1S/C74H54N6O/c1-40-11-21-60-51(30-40)52-31-41(2)12-22-61(52)77(60)70-59(39-75)71(78-62-23-13-42(3)32-53(62)54-33-43(4)14-24-63(54)78)73(80-66-27-17-46(7)36-57(66)58-37-47(8)18-28-67(58)80)69(48-19-20-49-50-10-9-29-76-74(50)81-68(49)38-48)72(70)79-64-25-15-44(5)34-55(64)56-35-45(6)16-26-65(56)79/h9-38H,1-8H3. The summed E-state index contributed by atoms with van der Waals surface area (Å²) in [6.07, 6.45) is 1.79. The molecule has 16 rings (SSSR count). The molecule has 81 heavy (non-hydrogen) atoms. The molecule has 0 atom stereocenters. The van der Waals surface area contributed by atoms with Crippen LogP contribution in [0.1, 0.15) is 50.1 Å². The summed E-state index contributed by atoms with van der Waals surface area (Å²) >= 11 is 0. The third kappa shape index (κ3) is 6.65. The molecule has 0 amide bonds. The fourth-order valence-electron chi connectivity index (χ4n) is 13.7. The van der Waals surface area contributed by atoms with Crippen LogP contribution in [0.2, 0.25) is 0 Å². The number of nitrogens with zero attached hydrogens (tertiary/aromatic N) is 6. The summed E-state index contributed by atoms with van der Waals surface area (Å²) in [5.74, 6) is 0. The van der Waals surface area contributed by atoms with E-state index >= 15 is 0 Å². The Morgan fingerprint density at radius 3 is 0.951 bits per heavy atom. The highest BCUT2D eigenvalue weighted by molar-refractivity contribution is 6.18. The van der Waals surface area contributed by atoms with Gasteiger partial charge >= 0.3 is 0 Å². The molecule has 0 unspecified atom stereocenters. The molecule has 0 aliphatic rings. The number of pyridine rings is 1. The third-order valence-corrected chi connectivity index (χ3v) is 17.2. The Hall–Kier alpha value is -10.2. The van der Waals surface area contributed by atoms with Crippen LogP contribution in [0.3, 0.4) is 0 Å². The van der Waals surface area contributed by atoms with E-state index in [0.29, 0.717) is 11.3 Å². The minimum atomic E-state index is 0.529. The molecule has 16 aromatic rings. The van der Waals surface area contributed by atoms with Crippen molar-refractivity contribution in [2.75, 3.05) is 0 Å². The van der Waals surface area contributed by atoms with E-state index in [0.717, 1.165) is 160 Å². The minimum absolute atomic E-state index is 0.529. The first-order valence-electron chi connectivity index (χ1n) is 27.9. The van der Waals surface area contributed by atoms with Crippen molar-refractivity contribution in [1.29, 1.82) is 5.26 Å². The van der Waals surface area contributed by atoms with Crippen molar-refractivity contribution in [2.45, 2.75) is 55.4 Å². The molecule has 0 aliphatic heterocycles. The van der Waals surface area contributed by atoms with Gasteiger partial charge in [-0.2, -0.15) is 5.26 Å². The predicted octanol–water partition coefficient (Wildman–Crippen LogP) is 19.4. The largest absolute Gasteiger partial charge is 0.438 e. The number of furan rings is 1. The smallest absolute Gasteiger partial charge is 0.227 e. The van der Waals surface area contributed by atoms with Crippen LogP contribution in [0, 0.1) is 66.7 Å². The Labute approximate surface area is 467 Å². The number of nitriles is 1. The molecule has 7 heteroatoms. The van der Waals surface area contributed by atoms with E-state index < -0.39 is 0 Å². The molecular formula is C74H54N6O. The number of benzene rings is 10. The fraction of sp³-hybridized carbons (Fsp3) is 0.108. The second kappa shape index (κ2) is 16.9. The van der Waals surface area contributed by atoms with Gasteiger partial charge in [-0.1, -0.05) is 99.1 Å². The number of rotatable bonds is 5. The summed E-state index contributed by atoms with van der Waals surface area (Å²) in [4.78, 5) is 4.74. The molecule has 6 aromatic heterocycles. The number of aryl methyl sites for hydroxylation is 8. The zero-order valence-electron chi connectivity index (χ0n) is 46.4. The van der Waals surface area contributed by atoms with Gasteiger partial charge in [0.05, 0.1) is 66.9 Å². The molecule has 0 aliphatic carbocycles. The zero-order valence-corrected chi connectivity index (χ0v) is 46.4. The average Bonchev–Trinajstić information content (AvgIpc) is 2.17. The highest BCUT2D eigenvalue weighted by atomic mass is 16.3. The Balaban J connectivity index is 1.27. The van der Waals surface area contributed by atoms with Crippen LogP contribution in [0.4, 0.5) is 0 Å². The van der Waals surface area contributed by atoms with Crippen molar-refractivity contribution in [1.82, 2.24) is 23.3 Å². The quantitative estimate of drug-likeness (QED) is 0.172. The van der Waals surface area contributed by atoms with Gasteiger partial charge in [-0.05, 0) is 182 Å². The molecule has 386 valence electrons. The van der Waals surface area contributed by atoms with Crippen LogP contribution in [0.25, 0.3) is 143 Å². The molecule has 0 spiro atoms. The highest BCUT2D eigenvalue weighted by Crippen LogP contribution is 2.53. The topological polar surface area (TPSA) is 69.5 Å². The summed E-state index contributed by atoms with van der Waals surface area (Å²) < 4.78 is 16.6. The number of aromatic nitrogens is 5. The first-order chi connectivity index (χ1) is 39.4. The average molecular weight is 1040 g/mol. The van der Waals surface area contributed by atoms with Crippen molar-refractivity contribution in [3.63, 3.8) is 0 Å². The lowest BCUT2D eigenvalue weighted by atomic mass is 9.92. The molecule has 0 N–H and O–H groups in total. The summed E-state index contributed by atoms with van der Waals surface area (Å²) in [5, 5.41) is 24.0. The van der Waals surface area contributed by atoms with Crippen LogP contribution in [0.15, 0.2) is 187 Å². The van der Waals surface area contributed by atoms with Gasteiger partial charge < -0.3 is 22.7 Å². The van der Waals surface area contributed by atoms with Crippen LogP contribution < -0.4 is 0 Å². The highest BCUT2D eigenvalue weighted by Gasteiger charge is 2.35. The number of hydrogen-bond donors (Lipinski definition) is 0. The molecule has 0 bridgehead atoms. The van der Waals surface area contributed by atoms with Gasteiger partial charge in [0.1, 0.15) is 17.2 Å². The van der Waals surface area contributed by atoms with Crippen LogP contribution in [-0.4, -0.2) is 23.3 Å². The summed E-state index contributed by atoms with van der Waals surface area (Å²) in [6, 6.07) is 68.3. The van der Waals surface area contributed by atoms with E-state index in [9.17, 15) is 5.26 Å². The lowest BCUT2D eigenvalue weighted by Crippen LogP contribution is -2.16. The van der Waals surface area contributed by atoms with E-state index in [1.807, 2.05) is 6.07 Å². The van der Waals surface area contributed by atoms with Crippen molar-refractivity contribution in [3.05, 3.63) is 232 Å². The van der Waals surface area contributed by atoms with E-state index in [1.165, 1.54) is 22.3 Å². The van der Waals surface area contributed by atoms with Gasteiger partial charge in [0.25, 0.3) is 0 Å². The van der Waals surface area contributed by atoms with Crippen LogP contribution in [0.5, 0.6) is 0 Å². The third-order valence-electron chi connectivity index (χ3n) is 17.2. The molecule has 0 saturated heterocycles. The van der Waals surface area contributed by atoms with Crippen molar-refractivity contribution < 1.29 is 4.42 Å². The van der Waals surface area contributed by atoms with Gasteiger partial charge in [0.2, 0.25) is 5.71 Å². The zero-order chi connectivity index (χ0) is 54.9. The molecule has 7 nitrogen and oxygen atoms in total. The maximum absolute atomic E-state index is 13.1. The SMILES string of the molecule is Cc1ccc2c(c1)c1cc(C)ccc1n2-c1c(C#N)c(-n2c3ccc(C)cc3c3cc(C)ccc32)c(-n2c3ccc(C)cc3c3cc(C)ccc32)c(-c2ccc3c(c2)oc2ncccc23)c1-n1c2ccc(C)cc2c2cc(C)ccc21. The molecule has 10 aromatic carbocycles. The van der Waals surface area contributed by atoms with E-state index in [4.69, 9.17) is 9.40 Å². The Morgan fingerprint density at radius 1 is 0.333 bits per heavy atom. The maximum Gasteiger partial charge on any atom is 0.227 e. The van der Waals surface area contributed by atoms with Crippen molar-refractivity contribution in [3.8, 4) is 39.9 Å². The Morgan fingerprint density at radius 2 is 0.642 bits per heavy atom. The molecular weight excluding hydrogens is 989 g/mol. The summed E-state index contributed by atoms with van der Waals surface area (Å²) in [6.45, 7) is 17.4. The second-order valence-corrected chi connectivity index (χ2v) is 22.9. The first kappa shape index (κ1) is 46.9. The normalized spacial score (nSPS) is 12.2. The van der Waals surface area contributed by atoms with E-state index in [2.05, 4.69) is 250 Å². The minimum Gasteiger partial charge on any atom is -0.438 e. The van der Waals surface area contributed by atoms with Gasteiger partial charge in [-0.3, -0.25) is 0 Å². The maximum atomic E-state index is 13.1. The van der Waals surface area contributed by atoms with Crippen LogP contribution in [-0.2, 0) is 0 Å². The van der Waals surface area contributed by atoms with Gasteiger partial charge in [0, 0.05) is 65.6 Å². The van der Waals surface area contributed by atoms with Crippen molar-refractivity contribution >= 4 is 109 Å². The lowest BCUT2D eigenvalue weighted by Gasteiger charge is -2.29. The lowest BCUT2D eigenvalue weighted by molar-refractivity contribution is 0.654. The molecule has 6 heterocycles. The van der Waals surface area contributed by atoms with E-state index in [1.54, 1.807) is 6.20 Å². The van der Waals surface area contributed by atoms with Gasteiger partial charge in [0.15, 0.2) is 0 Å². The summed E-state index contributed by atoms with van der Waals surface area (Å²) in [5.41, 5.74) is 24.4. The number of fused-ring (bicyclic) bond motifs is 15. The van der Waals surface area contributed by atoms with Gasteiger partial charge in [-0.25, -0.2) is 4.98 Å². The molecule has 0 saturated carbocycles. The second-order valence-electron chi connectivity index (χ2n) is 22.9. The predicted molar refractivity (Wildman–Crippen MR) is 337 cm³/mol. The first-order valence-corrected chi connectivity index (χ1v) is 27.9.